The minimum Gasteiger partial charge on any atom is -0.496 e. The molecule has 0 aliphatic rings. The molecule has 0 saturated heterocycles. The van der Waals surface area contributed by atoms with Gasteiger partial charge in [-0.1, -0.05) is 18.2 Å². The fourth-order valence-corrected chi connectivity index (χ4v) is 3.26. The summed E-state index contributed by atoms with van der Waals surface area (Å²) >= 11 is 0. The predicted molar refractivity (Wildman–Crippen MR) is 81.6 cm³/mol. The van der Waals surface area contributed by atoms with Crippen molar-refractivity contribution in [2.45, 2.75) is 11.5 Å². The van der Waals surface area contributed by atoms with E-state index in [0.29, 0.717) is 16.9 Å². The molecule has 0 amide bonds. The Morgan fingerprint density at radius 2 is 1.86 bits per heavy atom. The maximum atomic E-state index is 13.6. The maximum Gasteiger partial charge on any atom is 0.270 e. The summed E-state index contributed by atoms with van der Waals surface area (Å²) in [5.41, 5.74) is 0.718. The van der Waals surface area contributed by atoms with Crippen LogP contribution in [0.1, 0.15) is 11.1 Å². The second-order valence-corrected chi connectivity index (χ2v) is 6.03. The van der Waals surface area contributed by atoms with Gasteiger partial charge in [-0.2, -0.15) is 0 Å². The first-order valence-electron chi connectivity index (χ1n) is 6.41. The van der Waals surface area contributed by atoms with Gasteiger partial charge in [0.05, 0.1) is 23.5 Å². The maximum absolute atomic E-state index is 13.6. The van der Waals surface area contributed by atoms with Crippen LogP contribution in [0.5, 0.6) is 5.75 Å². The molecule has 5 nitrogen and oxygen atoms in total. The largest absolute Gasteiger partial charge is 0.496 e. The lowest BCUT2D eigenvalue weighted by Gasteiger charge is -2.08. The Bertz CT molecular complexity index is 720. The number of benzene rings is 2. The molecule has 1 atom stereocenters. The van der Waals surface area contributed by atoms with Crippen molar-refractivity contribution in [1.82, 2.24) is 0 Å². The Balaban J connectivity index is 2.19. The molecule has 0 aliphatic heterocycles. The smallest absolute Gasteiger partial charge is 0.270 e. The van der Waals surface area contributed by atoms with E-state index in [4.69, 9.17) is 4.74 Å². The lowest BCUT2D eigenvalue weighted by atomic mass is 10.2. The minimum atomic E-state index is -1.41. The molecule has 0 aliphatic carbocycles. The highest BCUT2D eigenvalue weighted by atomic mass is 32.2. The summed E-state index contributed by atoms with van der Waals surface area (Å²) in [4.78, 5) is 10.3. The Morgan fingerprint density at radius 1 is 1.18 bits per heavy atom. The summed E-state index contributed by atoms with van der Waals surface area (Å²) in [6.45, 7) is 0. The number of nitrogens with zero attached hydrogens (tertiary/aromatic N) is 1. The third-order valence-corrected chi connectivity index (χ3v) is 4.33. The Labute approximate surface area is 129 Å². The molecule has 0 aromatic heterocycles. The zero-order valence-corrected chi connectivity index (χ0v) is 12.6. The molecule has 0 spiro atoms. The average Bonchev–Trinajstić information content (AvgIpc) is 2.49. The van der Waals surface area contributed by atoms with Gasteiger partial charge < -0.3 is 4.74 Å². The molecule has 0 heterocycles. The monoisotopic (exact) mass is 323 g/mol. The quantitative estimate of drug-likeness (QED) is 0.605. The number of ether oxygens (including phenoxy) is 1. The molecular weight excluding hydrogens is 309 g/mol. The number of nitro benzene ring substituents is 1. The molecule has 0 fully saturated rings. The number of methoxy groups -OCH3 is 1. The molecule has 2 aromatic rings. The van der Waals surface area contributed by atoms with Gasteiger partial charge in [0, 0.05) is 34.1 Å². The van der Waals surface area contributed by atoms with Crippen molar-refractivity contribution >= 4 is 16.5 Å². The van der Waals surface area contributed by atoms with Crippen LogP contribution in [0.15, 0.2) is 42.5 Å². The molecular formula is C15H14FNO4S. The van der Waals surface area contributed by atoms with E-state index in [9.17, 15) is 18.7 Å². The van der Waals surface area contributed by atoms with E-state index < -0.39 is 21.5 Å². The van der Waals surface area contributed by atoms with Crippen LogP contribution in [0.4, 0.5) is 10.1 Å². The van der Waals surface area contributed by atoms with Gasteiger partial charge >= 0.3 is 0 Å². The van der Waals surface area contributed by atoms with Crippen LogP contribution in [0.3, 0.4) is 0 Å². The second-order valence-electron chi connectivity index (χ2n) is 4.57. The van der Waals surface area contributed by atoms with Crippen molar-refractivity contribution in [2.75, 3.05) is 7.11 Å². The molecule has 2 aromatic carbocycles. The zero-order chi connectivity index (χ0) is 16.1. The van der Waals surface area contributed by atoms with E-state index in [0.717, 1.165) is 0 Å². The van der Waals surface area contributed by atoms with Crippen LogP contribution in [0.25, 0.3) is 0 Å². The molecule has 0 saturated carbocycles. The van der Waals surface area contributed by atoms with Crippen molar-refractivity contribution in [3.05, 3.63) is 69.5 Å². The summed E-state index contributed by atoms with van der Waals surface area (Å²) in [5.74, 6) is 0.104. The topological polar surface area (TPSA) is 69.4 Å². The molecule has 0 unspecified atom stereocenters. The van der Waals surface area contributed by atoms with Crippen molar-refractivity contribution in [1.29, 1.82) is 0 Å². The van der Waals surface area contributed by atoms with E-state index in [-0.39, 0.29) is 17.2 Å². The minimum absolute atomic E-state index is 0.0402. The summed E-state index contributed by atoms with van der Waals surface area (Å²) in [6, 6.07) is 10.2. The molecule has 2 rings (SSSR count). The van der Waals surface area contributed by atoms with E-state index >= 15 is 0 Å². The number of hydrogen-bond donors (Lipinski definition) is 0. The van der Waals surface area contributed by atoms with Gasteiger partial charge in [0.2, 0.25) is 0 Å². The van der Waals surface area contributed by atoms with Gasteiger partial charge in [0.15, 0.2) is 0 Å². The first kappa shape index (κ1) is 16.1. The first-order chi connectivity index (χ1) is 10.5. The summed E-state index contributed by atoms with van der Waals surface area (Å²) in [7, 11) is 0.0267. The van der Waals surface area contributed by atoms with Gasteiger partial charge in [-0.05, 0) is 12.1 Å². The number of halogens is 1. The molecule has 7 heteroatoms. The highest BCUT2D eigenvalue weighted by Crippen LogP contribution is 2.26. The average molecular weight is 323 g/mol. The lowest BCUT2D eigenvalue weighted by Crippen LogP contribution is -2.03. The van der Waals surface area contributed by atoms with E-state index in [1.165, 1.54) is 31.4 Å². The molecule has 22 heavy (non-hydrogen) atoms. The normalized spacial score (nSPS) is 11.9. The van der Waals surface area contributed by atoms with E-state index in [1.807, 2.05) is 0 Å². The van der Waals surface area contributed by atoms with Gasteiger partial charge in [0.25, 0.3) is 5.69 Å². The van der Waals surface area contributed by atoms with Crippen molar-refractivity contribution in [2.24, 2.45) is 0 Å². The highest BCUT2D eigenvalue weighted by Gasteiger charge is 2.15. The van der Waals surface area contributed by atoms with Crippen LogP contribution in [-0.4, -0.2) is 16.2 Å². The van der Waals surface area contributed by atoms with Crippen molar-refractivity contribution in [3.63, 3.8) is 0 Å². The van der Waals surface area contributed by atoms with Gasteiger partial charge in [-0.3, -0.25) is 14.3 Å². The molecule has 0 bridgehead atoms. The number of non-ortho nitro benzene ring substituents is 1. The Hall–Kier alpha value is -2.28. The molecule has 0 radical (unpaired) electrons. The summed E-state index contributed by atoms with van der Waals surface area (Å²) in [5, 5.41) is 10.8. The first-order valence-corrected chi connectivity index (χ1v) is 7.89. The van der Waals surface area contributed by atoms with Gasteiger partial charge in [0.1, 0.15) is 11.6 Å². The molecule has 0 N–H and O–H groups in total. The number of nitro groups is 1. The number of rotatable bonds is 6. The van der Waals surface area contributed by atoms with E-state index in [2.05, 4.69) is 0 Å². The fraction of sp³-hybridized carbons (Fsp3) is 0.200. The lowest BCUT2D eigenvalue weighted by molar-refractivity contribution is -0.384. The van der Waals surface area contributed by atoms with Gasteiger partial charge in [-0.15, -0.1) is 0 Å². The highest BCUT2D eigenvalue weighted by molar-refractivity contribution is 7.83. The zero-order valence-electron chi connectivity index (χ0n) is 11.8. The number of hydrogen-bond acceptors (Lipinski definition) is 4. The Morgan fingerprint density at radius 3 is 2.50 bits per heavy atom. The fourth-order valence-electron chi connectivity index (χ4n) is 2.00. The SMILES string of the molecule is COc1ccc([N+](=O)[O-])cc1C[S@](=O)Cc1ccccc1F. The third kappa shape index (κ3) is 3.88. The van der Waals surface area contributed by atoms with Crippen LogP contribution < -0.4 is 4.74 Å². The standard InChI is InChI=1S/C15H14FNO4S/c1-21-15-7-6-13(17(18)19)8-12(15)10-22(20)9-11-4-2-3-5-14(11)16/h2-8H,9-10H2,1H3/t22-/m1/s1. The van der Waals surface area contributed by atoms with Crippen LogP contribution in [0.2, 0.25) is 0 Å². The van der Waals surface area contributed by atoms with Crippen molar-refractivity contribution < 1.29 is 18.3 Å². The van der Waals surface area contributed by atoms with Crippen molar-refractivity contribution in [3.8, 4) is 5.75 Å². The molecule has 116 valence electrons. The Kier molecular flexibility index (Phi) is 5.21. The second kappa shape index (κ2) is 7.13. The van der Waals surface area contributed by atoms with Crippen LogP contribution in [0, 0.1) is 15.9 Å². The predicted octanol–water partition coefficient (Wildman–Crippen LogP) is 3.19. The van der Waals surface area contributed by atoms with Gasteiger partial charge in [-0.25, -0.2) is 4.39 Å². The van der Waals surface area contributed by atoms with Crippen LogP contribution in [-0.2, 0) is 22.3 Å². The van der Waals surface area contributed by atoms with Crippen LogP contribution >= 0.6 is 0 Å². The third-order valence-electron chi connectivity index (χ3n) is 3.07. The van der Waals surface area contributed by atoms with E-state index in [1.54, 1.807) is 18.2 Å². The summed E-state index contributed by atoms with van der Waals surface area (Å²) in [6.07, 6.45) is 0. The summed E-state index contributed by atoms with van der Waals surface area (Å²) < 4.78 is 30.9.